The lowest BCUT2D eigenvalue weighted by molar-refractivity contribution is 0.232. The van der Waals surface area contributed by atoms with Crippen LogP contribution in [0.15, 0.2) is 22.7 Å². The van der Waals surface area contributed by atoms with E-state index in [9.17, 15) is 5.11 Å². The zero-order valence-corrected chi connectivity index (χ0v) is 10.1. The number of nitrogens with zero attached hydrogens (tertiary/aromatic N) is 1. The third-order valence-corrected chi connectivity index (χ3v) is 3.58. The normalized spacial score (nSPS) is 17.9. The third-order valence-electron chi connectivity index (χ3n) is 2.66. The highest BCUT2D eigenvalue weighted by atomic mass is 79.9. The van der Waals surface area contributed by atoms with Crippen molar-refractivity contribution >= 4 is 15.9 Å². The first-order chi connectivity index (χ1) is 7.27. The van der Waals surface area contributed by atoms with Gasteiger partial charge >= 0.3 is 0 Å². The van der Waals surface area contributed by atoms with E-state index in [1.54, 1.807) is 6.07 Å². The third kappa shape index (κ3) is 2.71. The molecule has 0 bridgehead atoms. The maximum Gasteiger partial charge on any atom is 0.130 e. The van der Waals surface area contributed by atoms with Gasteiger partial charge < -0.3 is 10.4 Å². The molecule has 0 unspecified atom stereocenters. The smallest absolute Gasteiger partial charge is 0.130 e. The quantitative estimate of drug-likeness (QED) is 0.857. The van der Waals surface area contributed by atoms with Gasteiger partial charge in [0.1, 0.15) is 5.75 Å². The van der Waals surface area contributed by atoms with Crippen LogP contribution in [0.3, 0.4) is 0 Å². The minimum absolute atomic E-state index is 0.322. The van der Waals surface area contributed by atoms with Crippen LogP contribution in [-0.4, -0.2) is 36.2 Å². The molecule has 0 spiro atoms. The molecule has 0 saturated carbocycles. The number of halogens is 1. The molecular weight excluding hydrogens is 256 g/mol. The summed E-state index contributed by atoms with van der Waals surface area (Å²) in [7, 11) is 0. The summed E-state index contributed by atoms with van der Waals surface area (Å²) in [6.07, 6.45) is 0. The summed E-state index contributed by atoms with van der Waals surface area (Å²) >= 11 is 3.41. The van der Waals surface area contributed by atoms with E-state index >= 15 is 0 Å². The van der Waals surface area contributed by atoms with Crippen molar-refractivity contribution < 1.29 is 5.11 Å². The summed E-state index contributed by atoms with van der Waals surface area (Å²) in [6, 6.07) is 5.63. The van der Waals surface area contributed by atoms with Gasteiger partial charge in [0.2, 0.25) is 0 Å². The number of phenols is 1. The van der Waals surface area contributed by atoms with Gasteiger partial charge in [-0.05, 0) is 27.6 Å². The Kier molecular flexibility index (Phi) is 3.61. The second-order valence-electron chi connectivity index (χ2n) is 3.78. The van der Waals surface area contributed by atoms with Gasteiger partial charge in [0.05, 0.1) is 4.47 Å². The van der Waals surface area contributed by atoms with Crippen LogP contribution in [0.5, 0.6) is 5.75 Å². The van der Waals surface area contributed by atoms with Crippen molar-refractivity contribution in [2.45, 2.75) is 6.54 Å². The molecule has 3 nitrogen and oxygen atoms in total. The molecule has 0 atom stereocenters. The Bertz CT molecular complexity index is 337. The molecule has 15 heavy (non-hydrogen) atoms. The van der Waals surface area contributed by atoms with Gasteiger partial charge in [-0.2, -0.15) is 0 Å². The Balaban J connectivity index is 2.06. The zero-order chi connectivity index (χ0) is 10.7. The van der Waals surface area contributed by atoms with Crippen molar-refractivity contribution in [3.63, 3.8) is 0 Å². The van der Waals surface area contributed by atoms with Gasteiger partial charge in [-0.25, -0.2) is 0 Å². The van der Waals surface area contributed by atoms with Gasteiger partial charge in [-0.1, -0.05) is 12.1 Å². The number of aromatic hydroxyl groups is 1. The van der Waals surface area contributed by atoms with E-state index in [0.717, 1.165) is 42.8 Å². The molecule has 2 N–H and O–H groups in total. The predicted molar refractivity (Wildman–Crippen MR) is 64.0 cm³/mol. The highest BCUT2D eigenvalue weighted by Crippen LogP contribution is 2.28. The molecule has 1 aliphatic heterocycles. The minimum Gasteiger partial charge on any atom is -0.507 e. The van der Waals surface area contributed by atoms with Crippen LogP contribution in [0.1, 0.15) is 5.56 Å². The molecule has 1 aromatic carbocycles. The van der Waals surface area contributed by atoms with E-state index in [1.165, 1.54) is 0 Å². The summed E-state index contributed by atoms with van der Waals surface area (Å²) in [5, 5.41) is 12.9. The topological polar surface area (TPSA) is 35.5 Å². The Morgan fingerprint density at radius 2 is 2.07 bits per heavy atom. The number of hydrogen-bond donors (Lipinski definition) is 2. The van der Waals surface area contributed by atoms with Gasteiger partial charge in [-0.3, -0.25) is 4.90 Å². The molecule has 0 amide bonds. The average Bonchev–Trinajstić information content (AvgIpc) is 2.26. The van der Waals surface area contributed by atoms with Crippen molar-refractivity contribution in [3.8, 4) is 5.75 Å². The zero-order valence-electron chi connectivity index (χ0n) is 8.54. The van der Waals surface area contributed by atoms with Crippen molar-refractivity contribution in [2.75, 3.05) is 26.2 Å². The summed E-state index contributed by atoms with van der Waals surface area (Å²) < 4.78 is 0.823. The minimum atomic E-state index is 0.322. The van der Waals surface area contributed by atoms with Crippen LogP contribution < -0.4 is 5.32 Å². The average molecular weight is 271 g/mol. The van der Waals surface area contributed by atoms with E-state index in [0.29, 0.717) is 5.75 Å². The van der Waals surface area contributed by atoms with Gasteiger partial charge in [0, 0.05) is 32.7 Å². The van der Waals surface area contributed by atoms with Crippen molar-refractivity contribution in [1.29, 1.82) is 0 Å². The Labute approximate surface area is 98.2 Å². The highest BCUT2D eigenvalue weighted by molar-refractivity contribution is 9.10. The van der Waals surface area contributed by atoms with E-state index < -0.39 is 0 Å². The Morgan fingerprint density at radius 3 is 2.80 bits per heavy atom. The molecule has 1 aliphatic rings. The highest BCUT2D eigenvalue weighted by Gasteiger charge is 2.12. The van der Waals surface area contributed by atoms with Crippen LogP contribution >= 0.6 is 15.9 Å². The number of hydrogen-bond acceptors (Lipinski definition) is 3. The molecule has 2 rings (SSSR count). The van der Waals surface area contributed by atoms with Gasteiger partial charge in [-0.15, -0.1) is 0 Å². The predicted octanol–water partition coefficient (Wildman–Crippen LogP) is 1.56. The number of piperazine rings is 1. The molecular formula is C11H15BrN2O. The number of rotatable bonds is 2. The molecule has 1 heterocycles. The second-order valence-corrected chi connectivity index (χ2v) is 4.57. The number of phenolic OH excluding ortho intramolecular Hbond substituents is 1. The van der Waals surface area contributed by atoms with Crippen molar-refractivity contribution in [3.05, 3.63) is 28.2 Å². The fourth-order valence-corrected chi connectivity index (χ4v) is 2.19. The van der Waals surface area contributed by atoms with Gasteiger partial charge in [0.25, 0.3) is 0 Å². The monoisotopic (exact) mass is 270 g/mol. The molecule has 0 radical (unpaired) electrons. The summed E-state index contributed by atoms with van der Waals surface area (Å²) in [4.78, 5) is 2.38. The molecule has 1 saturated heterocycles. The summed E-state index contributed by atoms with van der Waals surface area (Å²) in [5.41, 5.74) is 1.15. The van der Waals surface area contributed by atoms with Crippen LogP contribution in [0, 0.1) is 0 Å². The van der Waals surface area contributed by atoms with Gasteiger partial charge in [0.15, 0.2) is 0 Å². The van der Waals surface area contributed by atoms with Crippen LogP contribution in [0.25, 0.3) is 0 Å². The largest absolute Gasteiger partial charge is 0.507 e. The maximum atomic E-state index is 9.55. The fraction of sp³-hybridized carbons (Fsp3) is 0.455. The summed E-state index contributed by atoms with van der Waals surface area (Å²) in [5.74, 6) is 0.322. The molecule has 4 heteroatoms. The van der Waals surface area contributed by atoms with Crippen LogP contribution in [0.2, 0.25) is 0 Å². The lowest BCUT2D eigenvalue weighted by Crippen LogP contribution is -2.42. The Hall–Kier alpha value is -0.580. The molecule has 82 valence electrons. The van der Waals surface area contributed by atoms with E-state index in [-0.39, 0.29) is 0 Å². The first-order valence-electron chi connectivity index (χ1n) is 5.17. The van der Waals surface area contributed by atoms with Crippen LogP contribution in [0.4, 0.5) is 0 Å². The van der Waals surface area contributed by atoms with E-state index in [1.807, 2.05) is 12.1 Å². The molecule has 0 aliphatic carbocycles. The lowest BCUT2D eigenvalue weighted by atomic mass is 10.2. The van der Waals surface area contributed by atoms with E-state index in [4.69, 9.17) is 0 Å². The maximum absolute atomic E-state index is 9.55. The summed E-state index contributed by atoms with van der Waals surface area (Å²) in [6.45, 7) is 5.15. The fourth-order valence-electron chi connectivity index (χ4n) is 1.80. The van der Waals surface area contributed by atoms with Crippen molar-refractivity contribution in [2.24, 2.45) is 0 Å². The molecule has 0 aromatic heterocycles. The lowest BCUT2D eigenvalue weighted by Gasteiger charge is -2.27. The number of benzene rings is 1. The standard InChI is InChI=1S/C11H15BrN2O/c12-11-9(2-1-3-10(11)15)8-14-6-4-13-5-7-14/h1-3,13,15H,4-8H2. The first-order valence-corrected chi connectivity index (χ1v) is 5.96. The molecule has 1 aromatic rings. The van der Waals surface area contributed by atoms with Crippen LogP contribution in [-0.2, 0) is 6.54 Å². The Morgan fingerprint density at radius 1 is 1.33 bits per heavy atom. The van der Waals surface area contributed by atoms with E-state index in [2.05, 4.69) is 26.1 Å². The number of nitrogens with one attached hydrogen (secondary N) is 1. The van der Waals surface area contributed by atoms with Crippen molar-refractivity contribution in [1.82, 2.24) is 10.2 Å². The SMILES string of the molecule is Oc1cccc(CN2CCNCC2)c1Br. The molecule has 1 fully saturated rings. The first kappa shape index (κ1) is 10.9. The second kappa shape index (κ2) is 4.96.